The fourth-order valence-electron chi connectivity index (χ4n) is 2.45. The average molecular weight is 364 g/mol. The van der Waals surface area contributed by atoms with Crippen LogP contribution in [-0.4, -0.2) is 9.92 Å². The first-order valence-corrected chi connectivity index (χ1v) is 10.6. The van der Waals surface area contributed by atoms with Gasteiger partial charge in [0.1, 0.15) is 4.21 Å². The van der Waals surface area contributed by atoms with Crippen LogP contribution in [0, 0.1) is 12.8 Å². The third-order valence-electron chi connectivity index (χ3n) is 3.30. The van der Waals surface area contributed by atoms with E-state index in [4.69, 9.17) is 11.6 Å². The lowest BCUT2D eigenvalue weighted by Crippen LogP contribution is -2.03. The lowest BCUT2D eigenvalue weighted by atomic mass is 10.0. The molecule has 2 nitrogen and oxygen atoms in total. The molecule has 1 aromatic heterocycles. The molecule has 1 aliphatic rings. The third kappa shape index (κ3) is 7.38. The van der Waals surface area contributed by atoms with E-state index in [1.165, 1.54) is 37.0 Å². The molecular weight excluding hydrogens is 334 g/mol. The topological polar surface area (TPSA) is 29.4 Å². The van der Waals surface area contributed by atoms with Gasteiger partial charge in [-0.05, 0) is 37.8 Å². The zero-order valence-electron chi connectivity index (χ0n) is 14.7. The van der Waals surface area contributed by atoms with Gasteiger partial charge >= 0.3 is 0 Å². The highest BCUT2D eigenvalue weighted by Gasteiger charge is 2.17. The number of halogens is 1. The van der Waals surface area contributed by atoms with Crippen LogP contribution in [0.3, 0.4) is 0 Å². The molecule has 2 rings (SSSR count). The maximum absolute atomic E-state index is 12.1. The number of hydrogen-bond donors (Lipinski definition) is 0. The number of aryl methyl sites for hydroxylation is 1. The first-order valence-electron chi connectivity index (χ1n) is 8.28. The van der Waals surface area contributed by atoms with E-state index in [1.807, 2.05) is 47.6 Å². The van der Waals surface area contributed by atoms with E-state index in [0.29, 0.717) is 4.34 Å². The summed E-state index contributed by atoms with van der Waals surface area (Å²) in [6, 6.07) is 1.85. The highest BCUT2D eigenvalue weighted by molar-refractivity contribution is 7.86. The second-order valence-electron chi connectivity index (χ2n) is 4.95. The van der Waals surface area contributed by atoms with Gasteiger partial charge in [0, 0.05) is 5.71 Å². The molecule has 0 aliphatic heterocycles. The molecule has 1 atom stereocenters. The van der Waals surface area contributed by atoms with Gasteiger partial charge in [-0.15, -0.1) is 11.3 Å². The second-order valence-corrected chi connectivity index (χ2v) is 7.98. The van der Waals surface area contributed by atoms with E-state index < -0.39 is 11.0 Å². The lowest BCUT2D eigenvalue weighted by Gasteiger charge is -2.07. The minimum atomic E-state index is -1.28. The molecule has 1 unspecified atom stereocenters. The standard InChI is InChI=1S/C13H18ClNOS2.2C2H6/c1-9-7-12(14)17-13(9)18(16)15-10(2)8-11-5-3-4-6-11;2*1-2/h7,11H,3-6,8H2,1-2H3;2*1-2H3/b15-10+;;. The monoisotopic (exact) mass is 363 g/mol. The van der Waals surface area contributed by atoms with Gasteiger partial charge in [0.25, 0.3) is 0 Å². The Kier molecular flexibility index (Phi) is 12.2. The Balaban J connectivity index is 0.00000102. The van der Waals surface area contributed by atoms with E-state index in [0.717, 1.165) is 27.8 Å². The average Bonchev–Trinajstić information content (AvgIpc) is 3.12. The van der Waals surface area contributed by atoms with Gasteiger partial charge in [-0.3, -0.25) is 0 Å². The second kappa shape index (κ2) is 12.3. The molecule has 0 saturated heterocycles. The van der Waals surface area contributed by atoms with Crippen LogP contribution in [-0.2, 0) is 11.0 Å². The van der Waals surface area contributed by atoms with E-state index in [2.05, 4.69) is 4.40 Å². The molecular formula is C17H30ClNOS2. The van der Waals surface area contributed by atoms with Crippen molar-refractivity contribution in [3.63, 3.8) is 0 Å². The number of thiophene rings is 1. The first-order chi connectivity index (χ1) is 10.6. The summed E-state index contributed by atoms with van der Waals surface area (Å²) in [5.74, 6) is 0.749. The first kappa shape index (κ1) is 21.8. The Hall–Kier alpha value is -0.190. The van der Waals surface area contributed by atoms with Crippen molar-refractivity contribution in [2.24, 2.45) is 10.3 Å². The molecule has 0 spiro atoms. The maximum Gasteiger partial charge on any atom is 0.183 e. The zero-order chi connectivity index (χ0) is 17.1. The summed E-state index contributed by atoms with van der Waals surface area (Å²) >= 11 is 7.28. The zero-order valence-corrected chi connectivity index (χ0v) is 17.1. The summed E-state index contributed by atoms with van der Waals surface area (Å²) in [6.07, 6.45) is 6.25. The van der Waals surface area contributed by atoms with Crippen molar-refractivity contribution in [3.8, 4) is 0 Å². The van der Waals surface area contributed by atoms with E-state index in [1.54, 1.807) is 0 Å². The van der Waals surface area contributed by atoms with Crippen molar-refractivity contribution < 1.29 is 4.21 Å². The molecule has 0 N–H and O–H groups in total. The molecule has 22 heavy (non-hydrogen) atoms. The molecule has 128 valence electrons. The molecule has 1 saturated carbocycles. The summed E-state index contributed by atoms with van der Waals surface area (Å²) in [6.45, 7) is 11.9. The van der Waals surface area contributed by atoms with Gasteiger partial charge in [0.2, 0.25) is 0 Å². The summed E-state index contributed by atoms with van der Waals surface area (Å²) in [4.78, 5) is 0. The summed E-state index contributed by atoms with van der Waals surface area (Å²) < 4.78 is 17.9. The predicted octanol–water partition coefficient (Wildman–Crippen LogP) is 6.83. The van der Waals surface area contributed by atoms with Crippen molar-refractivity contribution in [3.05, 3.63) is 16.0 Å². The molecule has 0 bridgehead atoms. The maximum atomic E-state index is 12.1. The minimum absolute atomic E-state index is 0.680. The smallest absolute Gasteiger partial charge is 0.183 e. The van der Waals surface area contributed by atoms with Crippen molar-refractivity contribution in [1.82, 2.24) is 0 Å². The largest absolute Gasteiger partial charge is 0.229 e. The predicted molar refractivity (Wildman–Crippen MR) is 103 cm³/mol. The number of nitrogens with zero attached hydrogens (tertiary/aromatic N) is 1. The van der Waals surface area contributed by atoms with Gasteiger partial charge in [-0.25, -0.2) is 4.21 Å². The van der Waals surface area contributed by atoms with Crippen molar-refractivity contribution in [2.45, 2.75) is 77.9 Å². The Labute approximate surface area is 148 Å². The Morgan fingerprint density at radius 2 is 1.86 bits per heavy atom. The highest BCUT2D eigenvalue weighted by atomic mass is 35.5. The highest BCUT2D eigenvalue weighted by Crippen LogP contribution is 2.31. The quantitative estimate of drug-likeness (QED) is 0.539. The van der Waals surface area contributed by atoms with Crippen LogP contribution in [0.5, 0.6) is 0 Å². The minimum Gasteiger partial charge on any atom is -0.229 e. The summed E-state index contributed by atoms with van der Waals surface area (Å²) in [5, 5.41) is 0. The van der Waals surface area contributed by atoms with Crippen LogP contribution in [0.2, 0.25) is 4.34 Å². The molecule has 1 aliphatic carbocycles. The fraction of sp³-hybridized carbons (Fsp3) is 0.706. The van der Waals surface area contributed by atoms with Gasteiger partial charge in [0.15, 0.2) is 11.0 Å². The van der Waals surface area contributed by atoms with Crippen LogP contribution in [0.1, 0.15) is 72.3 Å². The molecule has 0 radical (unpaired) electrons. The molecule has 1 aromatic rings. The molecule has 0 amide bonds. The van der Waals surface area contributed by atoms with Crippen LogP contribution >= 0.6 is 22.9 Å². The summed E-state index contributed by atoms with van der Waals surface area (Å²) in [7, 11) is -1.28. The van der Waals surface area contributed by atoms with Gasteiger partial charge in [0.05, 0.1) is 4.34 Å². The number of hydrogen-bond acceptors (Lipinski definition) is 2. The Morgan fingerprint density at radius 3 is 2.32 bits per heavy atom. The lowest BCUT2D eigenvalue weighted by molar-refractivity contribution is 0.572. The normalized spacial score (nSPS) is 16.4. The summed E-state index contributed by atoms with van der Waals surface area (Å²) in [5.41, 5.74) is 1.98. The SMILES string of the molecule is C/C(CC1CCCC1)=N\S(=O)c1sc(Cl)cc1C.CC.CC. The van der Waals surface area contributed by atoms with E-state index in [9.17, 15) is 4.21 Å². The number of rotatable bonds is 4. The third-order valence-corrected chi connectivity index (χ3v) is 6.25. The van der Waals surface area contributed by atoms with Crippen molar-refractivity contribution in [1.29, 1.82) is 0 Å². The molecule has 5 heteroatoms. The molecule has 0 aromatic carbocycles. The Morgan fingerprint density at radius 1 is 1.32 bits per heavy atom. The molecule has 1 heterocycles. The van der Waals surface area contributed by atoms with E-state index in [-0.39, 0.29) is 0 Å². The fourth-order valence-corrected chi connectivity index (χ4v) is 5.06. The van der Waals surface area contributed by atoms with Gasteiger partial charge in [-0.2, -0.15) is 4.40 Å². The van der Waals surface area contributed by atoms with Crippen LogP contribution < -0.4 is 0 Å². The van der Waals surface area contributed by atoms with Crippen molar-refractivity contribution >= 4 is 39.6 Å². The van der Waals surface area contributed by atoms with E-state index >= 15 is 0 Å². The van der Waals surface area contributed by atoms with Gasteiger partial charge in [-0.1, -0.05) is 65.0 Å². The van der Waals surface area contributed by atoms with Crippen LogP contribution in [0.4, 0.5) is 0 Å². The molecule has 1 fully saturated rings. The Bertz CT molecular complexity index is 477. The van der Waals surface area contributed by atoms with Crippen LogP contribution in [0.15, 0.2) is 14.7 Å². The van der Waals surface area contributed by atoms with Crippen LogP contribution in [0.25, 0.3) is 0 Å². The van der Waals surface area contributed by atoms with Crippen molar-refractivity contribution in [2.75, 3.05) is 0 Å². The van der Waals surface area contributed by atoms with Gasteiger partial charge < -0.3 is 0 Å².